The highest BCUT2D eigenvalue weighted by Gasteiger charge is 2.31. The van der Waals surface area contributed by atoms with E-state index in [0.717, 1.165) is 42.3 Å². The third-order valence-corrected chi connectivity index (χ3v) is 6.38. The number of benzene rings is 1. The van der Waals surface area contributed by atoms with E-state index < -0.39 is 11.9 Å². The van der Waals surface area contributed by atoms with Gasteiger partial charge >= 0.3 is 0 Å². The van der Waals surface area contributed by atoms with E-state index in [-0.39, 0.29) is 23.0 Å². The van der Waals surface area contributed by atoms with Gasteiger partial charge in [-0.15, -0.1) is 0 Å². The number of rotatable bonds is 6. The minimum atomic E-state index is -0.447. The van der Waals surface area contributed by atoms with Crippen LogP contribution in [0.2, 0.25) is 0 Å². The van der Waals surface area contributed by atoms with E-state index in [1.165, 1.54) is 17.0 Å². The molecule has 2 fully saturated rings. The quantitative estimate of drug-likeness (QED) is 0.424. The van der Waals surface area contributed by atoms with Crippen LogP contribution in [0.15, 0.2) is 46.7 Å². The third kappa shape index (κ3) is 4.37. The van der Waals surface area contributed by atoms with Gasteiger partial charge in [-0.2, -0.15) is 5.10 Å². The van der Waals surface area contributed by atoms with Gasteiger partial charge in [-0.1, -0.05) is 36.6 Å². The Morgan fingerprint density at radius 2 is 2.11 bits per heavy atom. The number of nitrogens with one attached hydrogen (secondary N) is 1. The molecule has 2 saturated carbocycles. The molecule has 0 radical (unpaired) electrons. The van der Waals surface area contributed by atoms with Crippen molar-refractivity contribution in [1.29, 1.82) is 0 Å². The molecular weight excluding hydrogens is 440 g/mol. The van der Waals surface area contributed by atoms with Crippen LogP contribution in [0, 0.1) is 17.8 Å². The van der Waals surface area contributed by atoms with Gasteiger partial charge in [-0.25, -0.2) is 9.67 Å². The summed E-state index contributed by atoms with van der Waals surface area (Å²) >= 11 is 0. The maximum Gasteiger partial charge on any atom is 0.260 e. The summed E-state index contributed by atoms with van der Waals surface area (Å²) in [5, 5.41) is 8.61. The first kappa shape index (κ1) is 22.7. The Bertz CT molecular complexity index is 1490. The molecule has 1 aromatic carbocycles. The number of anilines is 1. The summed E-state index contributed by atoms with van der Waals surface area (Å²) in [6, 6.07) is 7.44. The number of carbonyl (C=O) groups is 1. The van der Waals surface area contributed by atoms with Crippen molar-refractivity contribution in [2.45, 2.75) is 44.7 Å². The first-order chi connectivity index (χ1) is 16.9. The maximum atomic E-state index is 13.7. The van der Waals surface area contributed by atoms with Gasteiger partial charge in [0.05, 0.1) is 11.4 Å². The SMILES string of the molecule is C=C/C=N\c1c(C(=O)NC(C)c2cc3cccc(C#CC4CC4)c3c(=O)n2C2CC2)c(N)nn1C. The zero-order chi connectivity index (χ0) is 24.7. The number of carbonyl (C=O) groups excluding carboxylic acids is 1. The van der Waals surface area contributed by atoms with E-state index in [2.05, 4.69) is 33.8 Å². The van der Waals surface area contributed by atoms with Gasteiger partial charge in [-0.3, -0.25) is 9.59 Å². The average molecular weight is 469 g/mol. The van der Waals surface area contributed by atoms with Crippen LogP contribution < -0.4 is 16.6 Å². The predicted molar refractivity (Wildman–Crippen MR) is 138 cm³/mol. The lowest BCUT2D eigenvalue weighted by Gasteiger charge is -2.21. The summed E-state index contributed by atoms with van der Waals surface area (Å²) in [5.41, 5.74) is 7.68. The Hall–Kier alpha value is -4.12. The van der Waals surface area contributed by atoms with E-state index in [1.807, 2.05) is 35.8 Å². The minimum absolute atomic E-state index is 0.0565. The highest BCUT2D eigenvalue weighted by atomic mass is 16.2. The molecule has 8 nitrogen and oxygen atoms in total. The van der Waals surface area contributed by atoms with Crippen molar-refractivity contribution in [3.05, 3.63) is 64.1 Å². The summed E-state index contributed by atoms with van der Waals surface area (Å²) < 4.78 is 3.29. The molecule has 0 saturated heterocycles. The molecule has 5 rings (SSSR count). The topological polar surface area (TPSA) is 107 Å². The van der Waals surface area contributed by atoms with Gasteiger partial charge in [0, 0.05) is 36.5 Å². The standard InChI is InChI=1S/C27H28N6O2/c1-4-14-29-25-23(24(28)31-32(25)3)26(34)30-16(2)21-15-19-7-5-6-18(11-10-17-8-9-17)22(19)27(35)33(21)20-12-13-20/h4-7,14-17,20H,1,8-9,12-13H2,2-3H3,(H2,28,31)(H,30,34)/b29-14-. The van der Waals surface area contributed by atoms with Crippen LogP contribution in [-0.2, 0) is 7.05 Å². The molecule has 178 valence electrons. The fraction of sp³-hybridized carbons (Fsp3) is 0.333. The Kier molecular flexibility index (Phi) is 5.77. The fourth-order valence-electron chi connectivity index (χ4n) is 4.32. The molecule has 3 aromatic rings. The zero-order valence-electron chi connectivity index (χ0n) is 19.9. The smallest absolute Gasteiger partial charge is 0.260 e. The van der Waals surface area contributed by atoms with Crippen molar-refractivity contribution in [3.8, 4) is 11.8 Å². The number of nitrogen functional groups attached to an aromatic ring is 1. The van der Waals surface area contributed by atoms with Gasteiger partial charge in [0.1, 0.15) is 5.56 Å². The molecular formula is C27H28N6O2. The van der Waals surface area contributed by atoms with E-state index >= 15 is 0 Å². The number of fused-ring (bicyclic) bond motifs is 1. The Labute approximate surface area is 203 Å². The Morgan fingerprint density at radius 1 is 1.34 bits per heavy atom. The van der Waals surface area contributed by atoms with E-state index in [9.17, 15) is 9.59 Å². The third-order valence-electron chi connectivity index (χ3n) is 6.38. The molecule has 2 heterocycles. The van der Waals surface area contributed by atoms with Crippen LogP contribution in [0.25, 0.3) is 10.8 Å². The molecule has 2 aromatic heterocycles. The van der Waals surface area contributed by atoms with Crippen molar-refractivity contribution in [1.82, 2.24) is 19.7 Å². The van der Waals surface area contributed by atoms with Gasteiger partial charge < -0.3 is 15.6 Å². The van der Waals surface area contributed by atoms with Crippen LogP contribution in [0.5, 0.6) is 0 Å². The highest BCUT2D eigenvalue weighted by molar-refractivity contribution is 6.03. The Balaban J connectivity index is 1.54. The molecule has 8 heteroatoms. The van der Waals surface area contributed by atoms with Crippen LogP contribution in [-0.4, -0.2) is 26.5 Å². The normalized spacial score (nSPS) is 16.2. The summed E-state index contributed by atoms with van der Waals surface area (Å²) in [4.78, 5) is 31.2. The lowest BCUT2D eigenvalue weighted by Crippen LogP contribution is -2.32. The van der Waals surface area contributed by atoms with Crippen LogP contribution in [0.4, 0.5) is 11.6 Å². The summed E-state index contributed by atoms with van der Waals surface area (Å²) in [6.07, 6.45) is 7.13. The molecule has 0 bridgehead atoms. The van der Waals surface area contributed by atoms with Crippen molar-refractivity contribution in [2.75, 3.05) is 5.73 Å². The van der Waals surface area contributed by atoms with Crippen molar-refractivity contribution >= 4 is 34.5 Å². The van der Waals surface area contributed by atoms with E-state index in [0.29, 0.717) is 17.1 Å². The van der Waals surface area contributed by atoms with Crippen LogP contribution in [0.3, 0.4) is 0 Å². The van der Waals surface area contributed by atoms with Gasteiger partial charge in [0.2, 0.25) is 0 Å². The number of hydrogen-bond donors (Lipinski definition) is 2. The number of aliphatic imine (C=N–C) groups is 1. The van der Waals surface area contributed by atoms with E-state index in [4.69, 9.17) is 5.73 Å². The molecule has 0 aliphatic heterocycles. The first-order valence-corrected chi connectivity index (χ1v) is 11.9. The van der Waals surface area contributed by atoms with Gasteiger partial charge in [0.25, 0.3) is 11.5 Å². The lowest BCUT2D eigenvalue weighted by molar-refractivity contribution is 0.0940. The molecule has 3 N–H and O–H groups in total. The first-order valence-electron chi connectivity index (χ1n) is 11.9. The molecule has 35 heavy (non-hydrogen) atoms. The highest BCUT2D eigenvalue weighted by Crippen LogP contribution is 2.37. The number of aryl methyl sites for hydroxylation is 1. The number of allylic oxidation sites excluding steroid dienone is 1. The largest absolute Gasteiger partial charge is 0.381 e. The number of amides is 1. The molecule has 2 aliphatic carbocycles. The number of nitrogens with two attached hydrogens (primary N) is 1. The molecule has 1 unspecified atom stereocenters. The zero-order valence-corrected chi connectivity index (χ0v) is 19.9. The van der Waals surface area contributed by atoms with Gasteiger partial charge in [0.15, 0.2) is 11.6 Å². The number of hydrogen-bond acceptors (Lipinski definition) is 5. The number of aromatic nitrogens is 3. The average Bonchev–Trinajstić information content (AvgIpc) is 3.74. The maximum absolute atomic E-state index is 13.7. The molecule has 1 amide bonds. The van der Waals surface area contributed by atoms with Gasteiger partial charge in [-0.05, 0) is 50.1 Å². The fourth-order valence-corrected chi connectivity index (χ4v) is 4.32. The second-order valence-corrected chi connectivity index (χ2v) is 9.21. The number of pyridine rings is 1. The summed E-state index contributed by atoms with van der Waals surface area (Å²) in [7, 11) is 1.67. The molecule has 0 spiro atoms. The molecule has 1 atom stereocenters. The van der Waals surface area contributed by atoms with Crippen LogP contribution in [0.1, 0.15) is 66.3 Å². The van der Waals surface area contributed by atoms with Crippen molar-refractivity contribution in [3.63, 3.8) is 0 Å². The second kappa shape index (κ2) is 8.91. The Morgan fingerprint density at radius 3 is 2.80 bits per heavy atom. The monoisotopic (exact) mass is 468 g/mol. The lowest BCUT2D eigenvalue weighted by atomic mass is 10.0. The predicted octanol–water partition coefficient (Wildman–Crippen LogP) is 3.79. The molecule has 2 aliphatic rings. The van der Waals surface area contributed by atoms with Crippen molar-refractivity contribution in [2.24, 2.45) is 18.0 Å². The minimum Gasteiger partial charge on any atom is -0.381 e. The van der Waals surface area contributed by atoms with Crippen molar-refractivity contribution < 1.29 is 4.79 Å². The van der Waals surface area contributed by atoms with E-state index in [1.54, 1.807) is 7.05 Å². The van der Waals surface area contributed by atoms with Crippen LogP contribution >= 0.6 is 0 Å². The number of nitrogens with zero attached hydrogens (tertiary/aromatic N) is 4. The summed E-state index contributed by atoms with van der Waals surface area (Å²) in [6.45, 7) is 5.49. The second-order valence-electron chi connectivity index (χ2n) is 9.21. The summed E-state index contributed by atoms with van der Waals surface area (Å²) in [5.74, 6) is 6.98.